The van der Waals surface area contributed by atoms with Gasteiger partial charge in [0.15, 0.2) is 6.29 Å². The predicted octanol–water partition coefficient (Wildman–Crippen LogP) is 1.30. The molecular formula is C25H31NO8. The smallest absolute Gasteiger partial charge is 0.308 e. The molecule has 0 aliphatic carbocycles. The van der Waals surface area contributed by atoms with Crippen molar-refractivity contribution in [2.45, 2.75) is 57.2 Å². The second kappa shape index (κ2) is 13.2. The summed E-state index contributed by atoms with van der Waals surface area (Å²) in [6.45, 7) is 1.13. The third-order valence-corrected chi connectivity index (χ3v) is 5.34. The van der Waals surface area contributed by atoms with Crippen LogP contribution >= 0.6 is 0 Å². The monoisotopic (exact) mass is 473 g/mol. The lowest BCUT2D eigenvalue weighted by Gasteiger charge is -2.44. The standard InChI is InChI=1S/C25H31NO8/c1-17(28)26-22-24(31-13-12-21(29)32-15-18-8-4-2-5-9-18)23(30)20(14-27)34-25(22)33-16-19-10-6-3-7-11-19/h2-11,20,22-25,27,30H,12-16H2,1H3,(H,26,28)/t20-,22+,23+,24+,25-/m0/s1. The second-order valence-corrected chi connectivity index (χ2v) is 7.97. The Kier molecular flexibility index (Phi) is 9.99. The van der Waals surface area contributed by atoms with Crippen LogP contribution in [0, 0.1) is 0 Å². The highest BCUT2D eigenvalue weighted by molar-refractivity contribution is 5.73. The molecule has 0 spiro atoms. The summed E-state index contributed by atoms with van der Waals surface area (Å²) in [4.78, 5) is 24.0. The van der Waals surface area contributed by atoms with E-state index < -0.39 is 43.2 Å². The third-order valence-electron chi connectivity index (χ3n) is 5.34. The average molecular weight is 474 g/mol. The highest BCUT2D eigenvalue weighted by Gasteiger charge is 2.47. The van der Waals surface area contributed by atoms with Gasteiger partial charge in [0.2, 0.25) is 5.91 Å². The molecule has 3 rings (SSSR count). The lowest BCUT2D eigenvalue weighted by molar-refractivity contribution is -0.280. The molecular weight excluding hydrogens is 442 g/mol. The second-order valence-electron chi connectivity index (χ2n) is 7.97. The fourth-order valence-electron chi connectivity index (χ4n) is 3.64. The molecule has 0 unspecified atom stereocenters. The zero-order valence-electron chi connectivity index (χ0n) is 19.0. The van der Waals surface area contributed by atoms with Crippen molar-refractivity contribution in [3.63, 3.8) is 0 Å². The number of ether oxygens (including phenoxy) is 4. The number of rotatable bonds is 11. The molecule has 0 radical (unpaired) electrons. The van der Waals surface area contributed by atoms with Gasteiger partial charge >= 0.3 is 5.97 Å². The molecule has 1 aliphatic heterocycles. The Hall–Kier alpha value is -2.82. The molecule has 5 atom stereocenters. The summed E-state index contributed by atoms with van der Waals surface area (Å²) in [5, 5.41) is 23.1. The lowest BCUT2D eigenvalue weighted by atomic mass is 9.96. The molecule has 0 bridgehead atoms. The number of aliphatic hydroxyl groups excluding tert-OH is 2. The number of carbonyl (C=O) groups is 2. The Morgan fingerprint density at radius 2 is 1.59 bits per heavy atom. The van der Waals surface area contributed by atoms with Crippen molar-refractivity contribution in [3.05, 3.63) is 71.8 Å². The average Bonchev–Trinajstić information content (AvgIpc) is 2.85. The molecule has 2 aromatic rings. The summed E-state index contributed by atoms with van der Waals surface area (Å²) in [7, 11) is 0. The maximum absolute atomic E-state index is 12.1. The van der Waals surface area contributed by atoms with E-state index in [1.807, 2.05) is 60.7 Å². The first kappa shape index (κ1) is 25.8. The van der Waals surface area contributed by atoms with E-state index in [1.165, 1.54) is 6.92 Å². The molecule has 3 N–H and O–H groups in total. The molecule has 1 amide bonds. The van der Waals surface area contributed by atoms with E-state index in [2.05, 4.69) is 5.32 Å². The Bertz CT molecular complexity index is 894. The van der Waals surface area contributed by atoms with Gasteiger partial charge in [0.05, 0.1) is 26.2 Å². The summed E-state index contributed by atoms with van der Waals surface area (Å²) >= 11 is 0. The molecule has 9 heteroatoms. The van der Waals surface area contributed by atoms with Gasteiger partial charge < -0.3 is 34.5 Å². The van der Waals surface area contributed by atoms with Gasteiger partial charge in [0, 0.05) is 6.92 Å². The number of benzene rings is 2. The van der Waals surface area contributed by atoms with Crippen LogP contribution in [0.3, 0.4) is 0 Å². The Labute approximate surface area is 198 Å². The SMILES string of the molecule is CC(=O)N[C@H]1[C@@H](OCc2ccccc2)O[C@@H](CO)[C@@H](O)[C@@H]1OCCC(=O)OCc1ccccc1. The van der Waals surface area contributed by atoms with Crippen molar-refractivity contribution in [2.24, 2.45) is 0 Å². The van der Waals surface area contributed by atoms with E-state index >= 15 is 0 Å². The van der Waals surface area contributed by atoms with E-state index in [0.29, 0.717) is 0 Å². The van der Waals surface area contributed by atoms with Crippen molar-refractivity contribution < 1.29 is 38.7 Å². The summed E-state index contributed by atoms with van der Waals surface area (Å²) < 4.78 is 22.7. The number of amides is 1. The quantitative estimate of drug-likeness (QED) is 0.418. The minimum Gasteiger partial charge on any atom is -0.461 e. The lowest BCUT2D eigenvalue weighted by Crippen LogP contribution is -2.65. The molecule has 34 heavy (non-hydrogen) atoms. The van der Waals surface area contributed by atoms with Crippen LogP contribution in [0.1, 0.15) is 24.5 Å². The summed E-state index contributed by atoms with van der Waals surface area (Å²) in [6, 6.07) is 17.8. The maximum atomic E-state index is 12.1. The number of hydrogen-bond donors (Lipinski definition) is 3. The highest BCUT2D eigenvalue weighted by Crippen LogP contribution is 2.25. The largest absolute Gasteiger partial charge is 0.461 e. The first-order valence-corrected chi connectivity index (χ1v) is 11.2. The molecule has 0 saturated carbocycles. The molecule has 9 nitrogen and oxygen atoms in total. The Morgan fingerprint density at radius 1 is 0.971 bits per heavy atom. The first-order valence-electron chi connectivity index (χ1n) is 11.2. The van der Waals surface area contributed by atoms with Crippen LogP contribution in [0.2, 0.25) is 0 Å². The summed E-state index contributed by atoms with van der Waals surface area (Å²) in [6.07, 6.45) is -4.25. The molecule has 1 aliphatic rings. The van der Waals surface area contributed by atoms with E-state index in [1.54, 1.807) is 0 Å². The topological polar surface area (TPSA) is 124 Å². The van der Waals surface area contributed by atoms with Gasteiger partial charge in [-0.1, -0.05) is 60.7 Å². The fourth-order valence-corrected chi connectivity index (χ4v) is 3.64. The number of nitrogens with one attached hydrogen (secondary N) is 1. The van der Waals surface area contributed by atoms with Crippen molar-refractivity contribution in [1.82, 2.24) is 5.32 Å². The van der Waals surface area contributed by atoms with Gasteiger partial charge in [0.1, 0.15) is 31.0 Å². The van der Waals surface area contributed by atoms with E-state index in [4.69, 9.17) is 18.9 Å². The van der Waals surface area contributed by atoms with Gasteiger partial charge in [-0.2, -0.15) is 0 Å². The van der Waals surface area contributed by atoms with Crippen LogP contribution in [0.4, 0.5) is 0 Å². The molecule has 2 aromatic carbocycles. The molecule has 1 saturated heterocycles. The number of hydrogen-bond acceptors (Lipinski definition) is 8. The predicted molar refractivity (Wildman–Crippen MR) is 121 cm³/mol. The first-order chi connectivity index (χ1) is 16.5. The molecule has 1 fully saturated rings. The number of carbonyl (C=O) groups excluding carboxylic acids is 2. The van der Waals surface area contributed by atoms with Crippen LogP contribution in [0.25, 0.3) is 0 Å². The van der Waals surface area contributed by atoms with Gasteiger partial charge in [-0.25, -0.2) is 0 Å². The summed E-state index contributed by atoms with van der Waals surface area (Å²) in [5.41, 5.74) is 1.75. The zero-order chi connectivity index (χ0) is 24.3. The van der Waals surface area contributed by atoms with Crippen molar-refractivity contribution in [1.29, 1.82) is 0 Å². The minimum atomic E-state index is -1.25. The molecule has 0 aromatic heterocycles. The van der Waals surface area contributed by atoms with Crippen LogP contribution < -0.4 is 5.32 Å². The normalized spacial score (nSPS) is 24.4. The van der Waals surface area contributed by atoms with Crippen LogP contribution in [0.15, 0.2) is 60.7 Å². The minimum absolute atomic E-state index is 0.0525. The Balaban J connectivity index is 1.60. The van der Waals surface area contributed by atoms with Gasteiger partial charge in [0.25, 0.3) is 0 Å². The highest BCUT2D eigenvalue weighted by atomic mass is 16.7. The number of esters is 1. The molecule has 184 valence electrons. The van der Waals surface area contributed by atoms with Crippen molar-refractivity contribution in [3.8, 4) is 0 Å². The molecule has 1 heterocycles. The van der Waals surface area contributed by atoms with Crippen molar-refractivity contribution in [2.75, 3.05) is 13.2 Å². The van der Waals surface area contributed by atoms with Crippen LogP contribution in [-0.4, -0.2) is 65.9 Å². The van der Waals surface area contributed by atoms with Crippen molar-refractivity contribution >= 4 is 11.9 Å². The van der Waals surface area contributed by atoms with E-state index in [-0.39, 0.29) is 32.1 Å². The third kappa shape index (κ3) is 7.61. The van der Waals surface area contributed by atoms with Crippen LogP contribution in [-0.2, 0) is 41.8 Å². The van der Waals surface area contributed by atoms with Gasteiger partial charge in [-0.05, 0) is 11.1 Å². The van der Waals surface area contributed by atoms with Gasteiger partial charge in [-0.15, -0.1) is 0 Å². The van der Waals surface area contributed by atoms with Gasteiger partial charge in [-0.3, -0.25) is 9.59 Å². The van der Waals surface area contributed by atoms with E-state index in [0.717, 1.165) is 11.1 Å². The zero-order valence-corrected chi connectivity index (χ0v) is 19.0. The summed E-state index contributed by atoms with van der Waals surface area (Å²) in [5.74, 6) is -0.829. The van der Waals surface area contributed by atoms with Crippen LogP contribution in [0.5, 0.6) is 0 Å². The maximum Gasteiger partial charge on any atom is 0.308 e. The van der Waals surface area contributed by atoms with E-state index in [9.17, 15) is 19.8 Å². The number of aliphatic hydroxyl groups is 2. The fraction of sp³-hybridized carbons (Fsp3) is 0.440. The Morgan fingerprint density at radius 3 is 2.18 bits per heavy atom.